The maximum Gasteiger partial charge on any atom is 0.271 e. The third-order valence-corrected chi connectivity index (χ3v) is 6.11. The van der Waals surface area contributed by atoms with Crippen molar-refractivity contribution in [2.75, 3.05) is 16.2 Å². The lowest BCUT2D eigenvalue weighted by Crippen LogP contribution is -2.35. The number of anilines is 2. The molecule has 0 saturated heterocycles. The van der Waals surface area contributed by atoms with Gasteiger partial charge in [0.25, 0.3) is 15.7 Å². The SMILES string of the molecule is O=C(CN1c2cccc3cccc(c23)S1(=O)=O)Nc1cccc([N+](=O)[O-])c1. The molecule has 0 unspecified atom stereocenters. The van der Waals surface area contributed by atoms with Gasteiger partial charge in [-0.3, -0.25) is 19.2 Å². The summed E-state index contributed by atoms with van der Waals surface area (Å²) in [7, 11) is -3.84. The maximum absolute atomic E-state index is 12.9. The number of hydrogen-bond donors (Lipinski definition) is 1. The van der Waals surface area contributed by atoms with Gasteiger partial charge < -0.3 is 5.32 Å². The lowest BCUT2D eigenvalue weighted by molar-refractivity contribution is -0.384. The van der Waals surface area contributed by atoms with E-state index in [1.807, 2.05) is 12.1 Å². The van der Waals surface area contributed by atoms with E-state index in [1.165, 1.54) is 30.3 Å². The van der Waals surface area contributed by atoms with Crippen molar-refractivity contribution < 1.29 is 18.1 Å². The molecule has 0 atom stereocenters. The lowest BCUT2D eigenvalue weighted by atomic mass is 10.1. The van der Waals surface area contributed by atoms with E-state index in [4.69, 9.17) is 0 Å². The number of nitro groups is 1. The predicted molar refractivity (Wildman–Crippen MR) is 100 cm³/mol. The third kappa shape index (κ3) is 2.77. The second-order valence-electron chi connectivity index (χ2n) is 6.00. The highest BCUT2D eigenvalue weighted by molar-refractivity contribution is 7.93. The molecule has 0 saturated carbocycles. The van der Waals surface area contributed by atoms with Gasteiger partial charge in [0, 0.05) is 23.2 Å². The molecule has 0 bridgehead atoms. The Hall–Kier alpha value is -3.46. The van der Waals surface area contributed by atoms with Gasteiger partial charge in [0.1, 0.15) is 6.54 Å². The first-order valence-corrected chi connectivity index (χ1v) is 9.41. The van der Waals surface area contributed by atoms with Gasteiger partial charge in [-0.05, 0) is 23.6 Å². The zero-order valence-corrected chi connectivity index (χ0v) is 14.6. The van der Waals surface area contributed by atoms with Gasteiger partial charge in [0.05, 0.1) is 15.5 Å². The molecule has 0 fully saturated rings. The molecular formula is C18H13N3O5S. The summed E-state index contributed by atoms with van der Waals surface area (Å²) >= 11 is 0. The van der Waals surface area contributed by atoms with Gasteiger partial charge in [-0.2, -0.15) is 0 Å². The monoisotopic (exact) mass is 383 g/mol. The fraction of sp³-hybridized carbons (Fsp3) is 0.0556. The van der Waals surface area contributed by atoms with Gasteiger partial charge in [0.15, 0.2) is 0 Å². The summed E-state index contributed by atoms with van der Waals surface area (Å²) in [5, 5.41) is 14.7. The Bertz CT molecular complexity index is 1200. The van der Waals surface area contributed by atoms with Crippen molar-refractivity contribution in [1.82, 2.24) is 0 Å². The van der Waals surface area contributed by atoms with Crippen LogP contribution in [0.3, 0.4) is 0 Å². The van der Waals surface area contributed by atoms with Crippen molar-refractivity contribution in [1.29, 1.82) is 0 Å². The number of amides is 1. The van der Waals surface area contributed by atoms with Crippen LogP contribution < -0.4 is 9.62 Å². The van der Waals surface area contributed by atoms with Crippen molar-refractivity contribution in [2.45, 2.75) is 4.90 Å². The molecule has 3 aromatic carbocycles. The lowest BCUT2D eigenvalue weighted by Gasteiger charge is -2.18. The first-order chi connectivity index (χ1) is 12.9. The average Bonchev–Trinajstić information content (AvgIpc) is 2.85. The summed E-state index contributed by atoms with van der Waals surface area (Å²) < 4.78 is 26.8. The highest BCUT2D eigenvalue weighted by Crippen LogP contribution is 2.41. The molecule has 3 aromatic rings. The van der Waals surface area contributed by atoms with E-state index in [1.54, 1.807) is 18.2 Å². The number of rotatable bonds is 4. The van der Waals surface area contributed by atoms with E-state index in [0.717, 1.165) is 9.69 Å². The van der Waals surface area contributed by atoms with Crippen LogP contribution >= 0.6 is 0 Å². The first-order valence-electron chi connectivity index (χ1n) is 7.97. The Morgan fingerprint density at radius 3 is 2.52 bits per heavy atom. The highest BCUT2D eigenvalue weighted by atomic mass is 32.2. The molecule has 1 N–H and O–H groups in total. The predicted octanol–water partition coefficient (Wildman–Crippen LogP) is 2.90. The zero-order chi connectivity index (χ0) is 19.2. The summed E-state index contributed by atoms with van der Waals surface area (Å²) in [5.41, 5.74) is 0.498. The van der Waals surface area contributed by atoms with E-state index in [0.29, 0.717) is 11.1 Å². The molecule has 136 valence electrons. The maximum atomic E-state index is 12.9. The van der Waals surface area contributed by atoms with Crippen LogP contribution in [-0.4, -0.2) is 25.8 Å². The van der Waals surface area contributed by atoms with Crippen molar-refractivity contribution >= 4 is 43.8 Å². The second-order valence-corrected chi connectivity index (χ2v) is 7.83. The largest absolute Gasteiger partial charge is 0.324 e. The highest BCUT2D eigenvalue weighted by Gasteiger charge is 2.36. The van der Waals surface area contributed by atoms with Crippen LogP contribution in [0.25, 0.3) is 10.8 Å². The van der Waals surface area contributed by atoms with Gasteiger partial charge in [-0.15, -0.1) is 0 Å². The Morgan fingerprint density at radius 2 is 1.78 bits per heavy atom. The minimum absolute atomic E-state index is 0.166. The van der Waals surface area contributed by atoms with Crippen LogP contribution in [0.5, 0.6) is 0 Å². The Kier molecular flexibility index (Phi) is 3.81. The summed E-state index contributed by atoms with van der Waals surface area (Å²) in [6.07, 6.45) is 0. The number of non-ortho nitro benzene ring substituents is 1. The number of nitrogens with one attached hydrogen (secondary N) is 1. The molecule has 4 rings (SSSR count). The molecular weight excluding hydrogens is 370 g/mol. The van der Waals surface area contributed by atoms with Gasteiger partial charge in [-0.1, -0.05) is 30.3 Å². The average molecular weight is 383 g/mol. The second kappa shape index (κ2) is 6.06. The smallest absolute Gasteiger partial charge is 0.271 e. The molecule has 0 aromatic heterocycles. The van der Waals surface area contributed by atoms with E-state index in [-0.39, 0.29) is 16.3 Å². The molecule has 1 aliphatic heterocycles. The molecule has 0 aliphatic carbocycles. The fourth-order valence-electron chi connectivity index (χ4n) is 3.16. The number of carbonyl (C=O) groups is 1. The number of carbonyl (C=O) groups excluding carboxylic acids is 1. The van der Waals surface area contributed by atoms with E-state index < -0.39 is 27.4 Å². The Morgan fingerprint density at radius 1 is 1.07 bits per heavy atom. The third-order valence-electron chi connectivity index (χ3n) is 4.31. The van der Waals surface area contributed by atoms with Crippen LogP contribution in [0.15, 0.2) is 65.6 Å². The molecule has 9 heteroatoms. The topological polar surface area (TPSA) is 110 Å². The summed E-state index contributed by atoms with van der Waals surface area (Å²) in [4.78, 5) is 22.9. The van der Waals surface area contributed by atoms with Gasteiger partial charge >= 0.3 is 0 Å². The van der Waals surface area contributed by atoms with Crippen molar-refractivity contribution in [2.24, 2.45) is 0 Å². The number of benzene rings is 3. The number of nitrogens with zero attached hydrogens (tertiary/aromatic N) is 2. The van der Waals surface area contributed by atoms with E-state index in [2.05, 4.69) is 5.32 Å². The van der Waals surface area contributed by atoms with Crippen LogP contribution in [0.4, 0.5) is 17.1 Å². The zero-order valence-electron chi connectivity index (χ0n) is 13.8. The van der Waals surface area contributed by atoms with Gasteiger partial charge in [-0.25, -0.2) is 8.42 Å². The summed E-state index contributed by atoms with van der Waals surface area (Å²) in [6, 6.07) is 15.6. The van der Waals surface area contributed by atoms with Crippen LogP contribution in [0, 0.1) is 10.1 Å². The van der Waals surface area contributed by atoms with E-state index in [9.17, 15) is 23.3 Å². The normalized spacial score (nSPS) is 14.3. The quantitative estimate of drug-likeness (QED) is 0.550. The summed E-state index contributed by atoms with van der Waals surface area (Å²) in [6.45, 7) is -0.432. The van der Waals surface area contributed by atoms with Crippen LogP contribution in [-0.2, 0) is 14.8 Å². The summed E-state index contributed by atoms with van der Waals surface area (Å²) in [5.74, 6) is -0.594. The van der Waals surface area contributed by atoms with E-state index >= 15 is 0 Å². The Labute approximate surface area is 154 Å². The molecule has 1 amide bonds. The molecule has 1 aliphatic rings. The molecule has 1 heterocycles. The van der Waals surface area contributed by atoms with Gasteiger partial charge in [0.2, 0.25) is 5.91 Å². The fourth-order valence-corrected chi connectivity index (χ4v) is 4.82. The number of sulfonamides is 1. The number of nitro benzene ring substituents is 1. The van der Waals surface area contributed by atoms with Crippen LogP contribution in [0.1, 0.15) is 0 Å². The van der Waals surface area contributed by atoms with Crippen molar-refractivity contribution in [3.8, 4) is 0 Å². The molecule has 0 radical (unpaired) electrons. The number of hydrogen-bond acceptors (Lipinski definition) is 5. The first kappa shape index (κ1) is 17.0. The standard InChI is InChI=1S/C18H13N3O5S/c22-17(19-13-6-3-7-14(10-13)21(23)24)11-20-15-8-1-4-12-5-2-9-16(18(12)15)27(20,25)26/h1-10H,11H2,(H,19,22). The molecule has 27 heavy (non-hydrogen) atoms. The van der Waals surface area contributed by atoms with Crippen molar-refractivity contribution in [3.05, 3.63) is 70.8 Å². The Balaban J connectivity index is 1.64. The molecule has 0 spiro atoms. The minimum Gasteiger partial charge on any atom is -0.324 e. The molecule has 8 nitrogen and oxygen atoms in total. The minimum atomic E-state index is -3.84. The van der Waals surface area contributed by atoms with Crippen LogP contribution in [0.2, 0.25) is 0 Å². The van der Waals surface area contributed by atoms with Crippen molar-refractivity contribution in [3.63, 3.8) is 0 Å².